The smallest absolute Gasteiger partial charge is 0.268 e. The van der Waals surface area contributed by atoms with Crippen LogP contribution >= 0.6 is 15.9 Å². The van der Waals surface area contributed by atoms with Gasteiger partial charge in [0.2, 0.25) is 5.91 Å². The molecular formula is C24H17BrN2O4. The molecule has 4 rings (SSSR count). The Labute approximate surface area is 187 Å². The molecule has 1 aliphatic rings. The predicted octanol–water partition coefficient (Wildman–Crippen LogP) is 4.91. The molecule has 0 unspecified atom stereocenters. The summed E-state index contributed by atoms with van der Waals surface area (Å²) in [5.74, 6) is -0.711. The molecule has 0 saturated carbocycles. The summed E-state index contributed by atoms with van der Waals surface area (Å²) in [6.07, 6.45) is 2.96. The number of carbonyl (C=O) groups is 3. The summed E-state index contributed by atoms with van der Waals surface area (Å²) in [6, 6.07) is 18.9. The topological polar surface area (TPSA) is 75.7 Å². The molecule has 0 atom stereocenters. The fourth-order valence-corrected chi connectivity index (χ4v) is 3.76. The number of rotatable bonds is 5. The van der Waals surface area contributed by atoms with Crippen molar-refractivity contribution < 1.29 is 19.1 Å². The number of anilines is 2. The third kappa shape index (κ3) is 4.00. The monoisotopic (exact) mass is 476 g/mol. The molecule has 0 bridgehead atoms. The van der Waals surface area contributed by atoms with E-state index in [9.17, 15) is 14.4 Å². The maximum atomic E-state index is 13.0. The minimum absolute atomic E-state index is 0.179. The lowest BCUT2D eigenvalue weighted by molar-refractivity contribution is -0.111. The van der Waals surface area contributed by atoms with E-state index in [0.29, 0.717) is 17.0 Å². The van der Waals surface area contributed by atoms with Crippen molar-refractivity contribution in [3.63, 3.8) is 0 Å². The Hall–Kier alpha value is -3.71. The number of nitrogens with zero attached hydrogens (tertiary/aromatic N) is 1. The number of carbonyl (C=O) groups excluding carboxylic acids is 3. The van der Waals surface area contributed by atoms with Gasteiger partial charge < -0.3 is 10.1 Å². The molecular weight excluding hydrogens is 460 g/mol. The van der Waals surface area contributed by atoms with Gasteiger partial charge >= 0.3 is 0 Å². The van der Waals surface area contributed by atoms with Crippen LogP contribution in [0, 0.1) is 0 Å². The summed E-state index contributed by atoms with van der Waals surface area (Å²) >= 11 is 3.39. The Morgan fingerprint density at radius 1 is 1.00 bits per heavy atom. The van der Waals surface area contributed by atoms with Crippen molar-refractivity contribution >= 4 is 51.1 Å². The van der Waals surface area contributed by atoms with Crippen molar-refractivity contribution in [2.45, 2.75) is 0 Å². The van der Waals surface area contributed by atoms with E-state index in [4.69, 9.17) is 4.74 Å². The van der Waals surface area contributed by atoms with Gasteiger partial charge in [-0.2, -0.15) is 0 Å². The number of imide groups is 1. The number of amides is 3. The first-order chi connectivity index (χ1) is 15.0. The van der Waals surface area contributed by atoms with E-state index < -0.39 is 17.7 Å². The molecule has 3 amide bonds. The van der Waals surface area contributed by atoms with Crippen LogP contribution in [0.4, 0.5) is 11.4 Å². The van der Waals surface area contributed by atoms with Gasteiger partial charge in [0, 0.05) is 16.1 Å². The Kier molecular flexibility index (Phi) is 5.68. The van der Waals surface area contributed by atoms with Crippen molar-refractivity contribution in [2.75, 3.05) is 17.3 Å². The van der Waals surface area contributed by atoms with Crippen LogP contribution in [-0.2, 0) is 4.79 Å². The fourth-order valence-electron chi connectivity index (χ4n) is 3.38. The highest BCUT2D eigenvalue weighted by molar-refractivity contribution is 9.10. The minimum atomic E-state index is -0.472. The molecule has 1 aliphatic heterocycles. The van der Waals surface area contributed by atoms with Gasteiger partial charge in [-0.3, -0.25) is 14.4 Å². The third-order valence-electron chi connectivity index (χ3n) is 4.79. The second kappa shape index (κ2) is 8.57. The number of para-hydroxylation sites is 1. The first-order valence-corrected chi connectivity index (χ1v) is 10.2. The largest absolute Gasteiger partial charge is 0.496 e. The van der Waals surface area contributed by atoms with Crippen LogP contribution < -0.4 is 15.0 Å². The van der Waals surface area contributed by atoms with E-state index in [2.05, 4.69) is 21.2 Å². The lowest BCUT2D eigenvalue weighted by atomic mass is 10.1. The number of fused-ring (bicyclic) bond motifs is 1. The Morgan fingerprint density at radius 3 is 2.52 bits per heavy atom. The second-order valence-corrected chi connectivity index (χ2v) is 7.63. The van der Waals surface area contributed by atoms with Gasteiger partial charge in [-0.15, -0.1) is 0 Å². The summed E-state index contributed by atoms with van der Waals surface area (Å²) in [4.78, 5) is 39.5. The van der Waals surface area contributed by atoms with Crippen LogP contribution in [0.15, 0.2) is 77.3 Å². The van der Waals surface area contributed by atoms with E-state index in [0.717, 1.165) is 9.37 Å². The molecule has 154 valence electrons. The molecule has 6 nitrogen and oxygen atoms in total. The maximum absolute atomic E-state index is 13.0. The molecule has 1 heterocycles. The molecule has 31 heavy (non-hydrogen) atoms. The Bertz CT molecular complexity index is 1220. The Balaban J connectivity index is 1.60. The van der Waals surface area contributed by atoms with Gasteiger partial charge in [-0.25, -0.2) is 4.90 Å². The average Bonchev–Trinajstić information content (AvgIpc) is 3.04. The third-order valence-corrected chi connectivity index (χ3v) is 5.29. The number of methoxy groups -OCH3 is 1. The maximum Gasteiger partial charge on any atom is 0.268 e. The van der Waals surface area contributed by atoms with E-state index in [-0.39, 0.29) is 16.8 Å². The Morgan fingerprint density at radius 2 is 1.77 bits per heavy atom. The van der Waals surface area contributed by atoms with Gasteiger partial charge in [-0.05, 0) is 48.5 Å². The molecule has 3 aromatic rings. The lowest BCUT2D eigenvalue weighted by Crippen LogP contribution is -2.29. The fraction of sp³-hybridized carbons (Fsp3) is 0.0417. The number of nitrogens with one attached hydrogen (secondary N) is 1. The van der Waals surface area contributed by atoms with Crippen LogP contribution in [0.3, 0.4) is 0 Å². The number of halogens is 1. The van der Waals surface area contributed by atoms with E-state index in [1.54, 1.807) is 67.8 Å². The molecule has 0 fully saturated rings. The summed E-state index contributed by atoms with van der Waals surface area (Å²) in [5.41, 5.74) is 1.91. The summed E-state index contributed by atoms with van der Waals surface area (Å²) in [7, 11) is 1.55. The summed E-state index contributed by atoms with van der Waals surface area (Å²) in [5, 5.41) is 2.71. The number of hydrogen-bond acceptors (Lipinski definition) is 4. The molecule has 1 N–H and O–H groups in total. The molecule has 0 radical (unpaired) electrons. The van der Waals surface area contributed by atoms with Crippen molar-refractivity contribution in [1.82, 2.24) is 0 Å². The predicted molar refractivity (Wildman–Crippen MR) is 122 cm³/mol. The van der Waals surface area contributed by atoms with Crippen LogP contribution in [0.5, 0.6) is 5.75 Å². The lowest BCUT2D eigenvalue weighted by Gasteiger charge is -2.13. The number of benzene rings is 3. The van der Waals surface area contributed by atoms with Crippen molar-refractivity contribution in [1.29, 1.82) is 0 Å². The van der Waals surface area contributed by atoms with Crippen molar-refractivity contribution in [2.24, 2.45) is 0 Å². The highest BCUT2D eigenvalue weighted by atomic mass is 79.9. The van der Waals surface area contributed by atoms with Gasteiger partial charge in [0.15, 0.2) is 0 Å². The van der Waals surface area contributed by atoms with E-state index >= 15 is 0 Å². The van der Waals surface area contributed by atoms with Crippen LogP contribution in [-0.4, -0.2) is 24.8 Å². The highest BCUT2D eigenvalue weighted by Crippen LogP contribution is 2.33. The molecule has 0 aromatic heterocycles. The van der Waals surface area contributed by atoms with Crippen LogP contribution in [0.25, 0.3) is 6.08 Å². The molecule has 0 saturated heterocycles. The van der Waals surface area contributed by atoms with Gasteiger partial charge in [0.05, 0.1) is 29.6 Å². The van der Waals surface area contributed by atoms with Gasteiger partial charge in [-0.1, -0.05) is 40.2 Å². The zero-order chi connectivity index (χ0) is 22.0. The quantitative estimate of drug-likeness (QED) is 0.419. The normalized spacial score (nSPS) is 12.9. The van der Waals surface area contributed by atoms with Crippen LogP contribution in [0.1, 0.15) is 26.3 Å². The highest BCUT2D eigenvalue weighted by Gasteiger charge is 2.38. The van der Waals surface area contributed by atoms with Gasteiger partial charge in [0.1, 0.15) is 5.75 Å². The zero-order valence-corrected chi connectivity index (χ0v) is 18.0. The van der Waals surface area contributed by atoms with Crippen molar-refractivity contribution in [3.05, 3.63) is 94.0 Å². The first kappa shape index (κ1) is 20.6. The van der Waals surface area contributed by atoms with E-state index in [1.165, 1.54) is 6.08 Å². The number of ether oxygens (including phenoxy) is 1. The second-order valence-electron chi connectivity index (χ2n) is 6.72. The summed E-state index contributed by atoms with van der Waals surface area (Å²) < 4.78 is 6.15. The minimum Gasteiger partial charge on any atom is -0.496 e. The average molecular weight is 477 g/mol. The molecule has 7 heteroatoms. The van der Waals surface area contributed by atoms with E-state index in [1.807, 2.05) is 12.1 Å². The molecule has 0 spiro atoms. The van der Waals surface area contributed by atoms with Crippen LogP contribution in [0.2, 0.25) is 0 Å². The summed E-state index contributed by atoms with van der Waals surface area (Å²) in [6.45, 7) is 0. The number of hydrogen-bond donors (Lipinski definition) is 1. The molecule has 3 aromatic carbocycles. The first-order valence-electron chi connectivity index (χ1n) is 9.39. The molecule has 0 aliphatic carbocycles. The zero-order valence-electron chi connectivity index (χ0n) is 16.5. The SMILES string of the molecule is COc1ccc(Br)cc1/C=C/C(=O)Nc1cccc2c1C(=O)N(c1ccccc1)C2=O. The van der Waals surface area contributed by atoms with Gasteiger partial charge in [0.25, 0.3) is 11.8 Å². The van der Waals surface area contributed by atoms with Crippen molar-refractivity contribution in [3.8, 4) is 5.75 Å². The standard InChI is InChI=1S/C24H17BrN2O4/c1-31-20-12-11-16(25)14-15(20)10-13-21(28)26-19-9-5-8-18-22(19)24(30)27(23(18)29)17-6-3-2-4-7-17/h2-14H,1H3,(H,26,28)/b13-10+.